The maximum atomic E-state index is 13.7. The van der Waals surface area contributed by atoms with Gasteiger partial charge >= 0.3 is 0 Å². The highest BCUT2D eigenvalue weighted by molar-refractivity contribution is 6.05. The Hall–Kier alpha value is -3.54. The molecule has 0 aliphatic carbocycles. The molecule has 0 heterocycles. The van der Waals surface area contributed by atoms with E-state index in [0.717, 1.165) is 17.7 Å². The molecule has 28 heavy (non-hydrogen) atoms. The van der Waals surface area contributed by atoms with E-state index in [1.165, 1.54) is 24.3 Å². The number of hydrogen-bond donors (Lipinski definition) is 2. The number of carbonyl (C=O) groups excluding carboxylic acids is 2. The normalized spacial score (nSPS) is 11.5. The van der Waals surface area contributed by atoms with Gasteiger partial charge in [-0.25, -0.2) is 8.78 Å². The summed E-state index contributed by atoms with van der Waals surface area (Å²) >= 11 is 0. The monoisotopic (exact) mass is 380 g/mol. The maximum absolute atomic E-state index is 13.7. The van der Waals surface area contributed by atoms with Crippen LogP contribution < -0.4 is 10.6 Å². The van der Waals surface area contributed by atoms with Crippen LogP contribution >= 0.6 is 0 Å². The lowest BCUT2D eigenvalue weighted by Gasteiger charge is -2.14. The van der Waals surface area contributed by atoms with Crippen molar-refractivity contribution in [1.29, 1.82) is 0 Å². The molecule has 2 amide bonds. The fourth-order valence-electron chi connectivity index (χ4n) is 2.66. The van der Waals surface area contributed by atoms with Crippen LogP contribution in [0.25, 0.3) is 0 Å². The molecule has 0 radical (unpaired) electrons. The van der Waals surface area contributed by atoms with E-state index >= 15 is 0 Å². The molecule has 0 aromatic heterocycles. The van der Waals surface area contributed by atoms with Gasteiger partial charge < -0.3 is 10.6 Å². The Bertz CT molecular complexity index is 989. The van der Waals surface area contributed by atoms with Crippen molar-refractivity contribution in [3.63, 3.8) is 0 Å². The van der Waals surface area contributed by atoms with Gasteiger partial charge in [0.2, 0.25) is 0 Å². The largest absolute Gasteiger partial charge is 0.346 e. The standard InChI is InChI=1S/C22H18F2N2O2/c1-14(15-5-3-2-4-6-15)25-21(27)16-7-9-17(10-8-16)22(28)26-20-12-11-18(23)13-19(20)24/h2-14H,1H3,(H,25,27)(H,26,28). The Balaban J connectivity index is 1.65. The Morgan fingerprint density at radius 1 is 0.821 bits per heavy atom. The third-order valence-electron chi connectivity index (χ3n) is 4.24. The molecule has 0 spiro atoms. The highest BCUT2D eigenvalue weighted by Crippen LogP contribution is 2.17. The van der Waals surface area contributed by atoms with Crippen molar-refractivity contribution < 1.29 is 18.4 Å². The van der Waals surface area contributed by atoms with Crippen LogP contribution in [0.5, 0.6) is 0 Å². The van der Waals surface area contributed by atoms with Gasteiger partial charge in [-0.1, -0.05) is 30.3 Å². The second-order valence-electron chi connectivity index (χ2n) is 6.26. The van der Waals surface area contributed by atoms with Gasteiger partial charge in [0.15, 0.2) is 0 Å². The second-order valence-corrected chi connectivity index (χ2v) is 6.26. The predicted octanol–water partition coefficient (Wildman–Crippen LogP) is 4.71. The molecule has 2 N–H and O–H groups in total. The molecule has 0 saturated carbocycles. The van der Waals surface area contributed by atoms with Crippen molar-refractivity contribution in [1.82, 2.24) is 5.32 Å². The van der Waals surface area contributed by atoms with Crippen molar-refractivity contribution in [3.05, 3.63) is 101 Å². The minimum atomic E-state index is -0.862. The molecule has 3 aromatic rings. The summed E-state index contributed by atoms with van der Waals surface area (Å²) in [6.07, 6.45) is 0. The first kappa shape index (κ1) is 19.2. The first-order valence-corrected chi connectivity index (χ1v) is 8.66. The quantitative estimate of drug-likeness (QED) is 0.674. The molecule has 3 aromatic carbocycles. The molecule has 142 valence electrons. The molecule has 0 bridgehead atoms. The minimum absolute atomic E-state index is 0.120. The Morgan fingerprint density at radius 3 is 2.04 bits per heavy atom. The smallest absolute Gasteiger partial charge is 0.255 e. The molecule has 1 unspecified atom stereocenters. The van der Waals surface area contributed by atoms with Crippen molar-refractivity contribution in [2.24, 2.45) is 0 Å². The number of rotatable bonds is 5. The van der Waals surface area contributed by atoms with Gasteiger partial charge in [0.1, 0.15) is 11.6 Å². The number of amides is 2. The van der Waals surface area contributed by atoms with Crippen LogP contribution in [0, 0.1) is 11.6 Å². The zero-order chi connectivity index (χ0) is 20.1. The van der Waals surface area contributed by atoms with Crippen LogP contribution in [0.2, 0.25) is 0 Å². The maximum Gasteiger partial charge on any atom is 0.255 e. The van der Waals surface area contributed by atoms with Gasteiger partial charge in [-0.05, 0) is 48.9 Å². The molecule has 4 nitrogen and oxygen atoms in total. The van der Waals surface area contributed by atoms with Crippen molar-refractivity contribution in [3.8, 4) is 0 Å². The number of halogens is 2. The first-order chi connectivity index (χ1) is 13.4. The molecule has 0 aliphatic heterocycles. The van der Waals surface area contributed by atoms with Crippen LogP contribution in [-0.4, -0.2) is 11.8 Å². The van der Waals surface area contributed by atoms with E-state index in [-0.39, 0.29) is 23.2 Å². The average Bonchev–Trinajstić information content (AvgIpc) is 2.70. The fraction of sp³-hybridized carbons (Fsp3) is 0.0909. The molecule has 6 heteroatoms. The number of hydrogen-bond acceptors (Lipinski definition) is 2. The predicted molar refractivity (Wildman–Crippen MR) is 103 cm³/mol. The SMILES string of the molecule is CC(NC(=O)c1ccc(C(=O)Nc2ccc(F)cc2F)cc1)c1ccccc1. The Morgan fingerprint density at radius 2 is 1.43 bits per heavy atom. The number of anilines is 1. The lowest BCUT2D eigenvalue weighted by Crippen LogP contribution is -2.26. The number of carbonyl (C=O) groups is 2. The van der Waals surface area contributed by atoms with Gasteiger partial charge in [-0.2, -0.15) is 0 Å². The third-order valence-corrected chi connectivity index (χ3v) is 4.24. The van der Waals surface area contributed by atoms with Crippen LogP contribution in [0.4, 0.5) is 14.5 Å². The number of nitrogens with one attached hydrogen (secondary N) is 2. The van der Waals surface area contributed by atoms with Crippen LogP contribution in [0.3, 0.4) is 0 Å². The van der Waals surface area contributed by atoms with Gasteiger partial charge in [-0.15, -0.1) is 0 Å². The number of benzene rings is 3. The fourth-order valence-corrected chi connectivity index (χ4v) is 2.66. The van der Waals surface area contributed by atoms with E-state index in [2.05, 4.69) is 10.6 Å². The molecule has 0 aliphatic rings. The molecule has 1 atom stereocenters. The highest BCUT2D eigenvalue weighted by atomic mass is 19.1. The highest BCUT2D eigenvalue weighted by Gasteiger charge is 2.13. The minimum Gasteiger partial charge on any atom is -0.346 e. The van der Waals surface area contributed by atoms with Crippen molar-refractivity contribution in [2.45, 2.75) is 13.0 Å². The summed E-state index contributed by atoms with van der Waals surface area (Å²) < 4.78 is 26.6. The van der Waals surface area contributed by atoms with E-state index in [0.29, 0.717) is 11.6 Å². The second kappa shape index (κ2) is 8.43. The summed E-state index contributed by atoms with van der Waals surface area (Å²) in [6, 6.07) is 18.2. The molecule has 3 rings (SSSR count). The van der Waals surface area contributed by atoms with Gasteiger partial charge in [0.25, 0.3) is 11.8 Å². The van der Waals surface area contributed by atoms with E-state index in [9.17, 15) is 18.4 Å². The zero-order valence-corrected chi connectivity index (χ0v) is 15.1. The summed E-state index contributed by atoms with van der Waals surface area (Å²) in [5, 5.41) is 5.26. The van der Waals surface area contributed by atoms with E-state index < -0.39 is 17.5 Å². The van der Waals surface area contributed by atoms with Gasteiger partial charge in [-0.3, -0.25) is 9.59 Å². The average molecular weight is 380 g/mol. The lowest BCUT2D eigenvalue weighted by atomic mass is 10.1. The third kappa shape index (κ3) is 4.59. The van der Waals surface area contributed by atoms with E-state index in [4.69, 9.17) is 0 Å². The summed E-state index contributed by atoms with van der Waals surface area (Å²) in [6.45, 7) is 1.88. The zero-order valence-electron chi connectivity index (χ0n) is 15.1. The van der Waals surface area contributed by atoms with Crippen molar-refractivity contribution in [2.75, 3.05) is 5.32 Å². The van der Waals surface area contributed by atoms with E-state index in [1.54, 1.807) is 0 Å². The van der Waals surface area contributed by atoms with Gasteiger partial charge in [0, 0.05) is 17.2 Å². The van der Waals surface area contributed by atoms with E-state index in [1.807, 2.05) is 37.3 Å². The summed E-state index contributed by atoms with van der Waals surface area (Å²) in [4.78, 5) is 24.6. The lowest BCUT2D eigenvalue weighted by molar-refractivity contribution is 0.0938. The van der Waals surface area contributed by atoms with Crippen molar-refractivity contribution >= 4 is 17.5 Å². The molecular formula is C22H18F2N2O2. The topological polar surface area (TPSA) is 58.2 Å². The van der Waals surface area contributed by atoms with Gasteiger partial charge in [0.05, 0.1) is 11.7 Å². The summed E-state index contributed by atoms with van der Waals surface area (Å²) in [7, 11) is 0. The first-order valence-electron chi connectivity index (χ1n) is 8.66. The van der Waals surface area contributed by atoms with Crippen LogP contribution in [0.1, 0.15) is 39.2 Å². The Labute approximate surface area is 161 Å². The molecule has 0 saturated heterocycles. The Kier molecular flexibility index (Phi) is 5.79. The molecule has 0 fully saturated rings. The summed E-state index contributed by atoms with van der Waals surface area (Å²) in [5.41, 5.74) is 1.50. The van der Waals surface area contributed by atoms with Crippen LogP contribution in [0.15, 0.2) is 72.8 Å². The molecular weight excluding hydrogens is 362 g/mol. The van der Waals surface area contributed by atoms with Crippen LogP contribution in [-0.2, 0) is 0 Å². The summed E-state index contributed by atoms with van der Waals surface area (Å²) in [5.74, 6) is -2.42.